The van der Waals surface area contributed by atoms with Crippen LogP contribution in [0.3, 0.4) is 0 Å². The molecule has 0 saturated carbocycles. The maximum absolute atomic E-state index is 10.7. The fraction of sp³-hybridized carbons (Fsp3) is 0.143. The van der Waals surface area contributed by atoms with E-state index in [2.05, 4.69) is 5.32 Å². The zero-order valence-electron chi connectivity index (χ0n) is 11.0. The first-order chi connectivity index (χ1) is 9.47. The number of hydrogen-bond acceptors (Lipinski definition) is 5. The molecule has 1 atom stereocenters. The van der Waals surface area contributed by atoms with Crippen LogP contribution in [-0.2, 0) is 0 Å². The van der Waals surface area contributed by atoms with E-state index in [9.17, 15) is 10.1 Å². The average Bonchev–Trinajstić information content (AvgIpc) is 2.39. The summed E-state index contributed by atoms with van der Waals surface area (Å²) in [5, 5.41) is 13.9. The lowest BCUT2D eigenvalue weighted by Gasteiger charge is -2.16. The second-order valence-corrected chi connectivity index (χ2v) is 4.56. The Balaban J connectivity index is 2.15. The van der Waals surface area contributed by atoms with Gasteiger partial charge in [-0.1, -0.05) is 12.1 Å². The molecule has 2 aromatic rings. The quantitative estimate of drug-likeness (QED) is 0.450. The summed E-state index contributed by atoms with van der Waals surface area (Å²) >= 11 is 0. The zero-order valence-corrected chi connectivity index (χ0v) is 11.0. The number of nitro groups is 1. The highest BCUT2D eigenvalue weighted by molar-refractivity contribution is 5.66. The van der Waals surface area contributed by atoms with Crippen LogP contribution in [0.2, 0.25) is 0 Å². The lowest BCUT2D eigenvalue weighted by atomic mass is 10.1. The number of nitrogens with two attached hydrogens (primary N) is 2. The molecule has 0 spiro atoms. The molecule has 0 aromatic heterocycles. The van der Waals surface area contributed by atoms with Gasteiger partial charge in [0, 0.05) is 23.5 Å². The van der Waals surface area contributed by atoms with Crippen LogP contribution in [0, 0.1) is 10.1 Å². The molecular formula is C14H16N4O2. The Morgan fingerprint density at radius 3 is 2.35 bits per heavy atom. The fourth-order valence-electron chi connectivity index (χ4n) is 1.93. The molecule has 0 bridgehead atoms. The highest BCUT2D eigenvalue weighted by Gasteiger charge is 2.12. The molecule has 6 nitrogen and oxygen atoms in total. The maximum atomic E-state index is 10.7. The van der Waals surface area contributed by atoms with Crippen molar-refractivity contribution in [2.75, 3.05) is 16.8 Å². The number of nitrogen functional groups attached to an aromatic ring is 2. The normalized spacial score (nSPS) is 11.8. The molecular weight excluding hydrogens is 256 g/mol. The molecule has 0 fully saturated rings. The number of nitrogens with one attached hydrogen (secondary N) is 1. The molecule has 6 heteroatoms. The van der Waals surface area contributed by atoms with Crippen LogP contribution in [0.25, 0.3) is 0 Å². The van der Waals surface area contributed by atoms with E-state index in [-0.39, 0.29) is 17.4 Å². The van der Waals surface area contributed by atoms with Gasteiger partial charge in [-0.2, -0.15) is 0 Å². The maximum Gasteiger partial charge on any atom is 0.292 e. The van der Waals surface area contributed by atoms with Gasteiger partial charge in [0.2, 0.25) is 0 Å². The van der Waals surface area contributed by atoms with Crippen molar-refractivity contribution in [3.8, 4) is 0 Å². The van der Waals surface area contributed by atoms with E-state index in [1.807, 2.05) is 31.2 Å². The summed E-state index contributed by atoms with van der Waals surface area (Å²) < 4.78 is 0. The van der Waals surface area contributed by atoms with Gasteiger partial charge >= 0.3 is 0 Å². The van der Waals surface area contributed by atoms with E-state index in [1.54, 1.807) is 12.1 Å². The fourth-order valence-corrected chi connectivity index (χ4v) is 1.93. The Kier molecular flexibility index (Phi) is 3.74. The molecule has 2 aromatic carbocycles. The molecule has 0 aliphatic heterocycles. The van der Waals surface area contributed by atoms with Crippen molar-refractivity contribution in [1.82, 2.24) is 0 Å². The summed E-state index contributed by atoms with van der Waals surface area (Å²) in [4.78, 5) is 10.2. The van der Waals surface area contributed by atoms with Crippen molar-refractivity contribution in [3.05, 3.63) is 58.1 Å². The van der Waals surface area contributed by atoms with E-state index in [0.717, 1.165) is 11.3 Å². The lowest BCUT2D eigenvalue weighted by molar-refractivity contribution is -0.383. The first-order valence-electron chi connectivity index (χ1n) is 6.13. The van der Waals surface area contributed by atoms with E-state index in [0.29, 0.717) is 5.69 Å². The molecule has 0 aliphatic carbocycles. The highest BCUT2D eigenvalue weighted by atomic mass is 16.6. The van der Waals surface area contributed by atoms with Crippen LogP contribution >= 0.6 is 0 Å². The Morgan fingerprint density at radius 2 is 1.80 bits per heavy atom. The third-order valence-corrected chi connectivity index (χ3v) is 3.04. The minimum absolute atomic E-state index is 0.0384. The Morgan fingerprint density at radius 1 is 1.15 bits per heavy atom. The largest absolute Gasteiger partial charge is 0.399 e. The van der Waals surface area contributed by atoms with Crippen LogP contribution < -0.4 is 16.8 Å². The van der Waals surface area contributed by atoms with Gasteiger partial charge in [0.15, 0.2) is 0 Å². The molecule has 5 N–H and O–H groups in total. The van der Waals surface area contributed by atoms with Crippen LogP contribution in [0.1, 0.15) is 18.5 Å². The summed E-state index contributed by atoms with van der Waals surface area (Å²) in [6, 6.07) is 12.2. The van der Waals surface area contributed by atoms with Crippen LogP contribution in [-0.4, -0.2) is 4.92 Å². The van der Waals surface area contributed by atoms with Gasteiger partial charge in [-0.3, -0.25) is 10.1 Å². The Hall–Kier alpha value is -2.76. The third kappa shape index (κ3) is 2.97. The molecule has 0 heterocycles. The second-order valence-electron chi connectivity index (χ2n) is 4.56. The minimum Gasteiger partial charge on any atom is -0.399 e. The van der Waals surface area contributed by atoms with Gasteiger partial charge in [-0.05, 0) is 36.8 Å². The van der Waals surface area contributed by atoms with E-state index in [4.69, 9.17) is 11.5 Å². The summed E-state index contributed by atoms with van der Waals surface area (Å²) in [7, 11) is 0. The predicted octanol–water partition coefficient (Wildman–Crippen LogP) is 2.93. The smallest absolute Gasteiger partial charge is 0.292 e. The molecule has 0 amide bonds. The van der Waals surface area contributed by atoms with Crippen molar-refractivity contribution in [2.24, 2.45) is 0 Å². The summed E-state index contributed by atoms with van der Waals surface area (Å²) in [6.45, 7) is 1.99. The van der Waals surface area contributed by atoms with Crippen molar-refractivity contribution >= 4 is 22.7 Å². The molecule has 0 aliphatic rings. The second kappa shape index (κ2) is 5.48. The number of rotatable bonds is 4. The van der Waals surface area contributed by atoms with Gasteiger partial charge in [0.1, 0.15) is 5.69 Å². The van der Waals surface area contributed by atoms with Crippen LogP contribution in [0.4, 0.5) is 22.7 Å². The molecule has 0 saturated heterocycles. The third-order valence-electron chi connectivity index (χ3n) is 3.04. The molecule has 20 heavy (non-hydrogen) atoms. The molecule has 104 valence electrons. The van der Waals surface area contributed by atoms with Gasteiger partial charge in [-0.25, -0.2) is 0 Å². The molecule has 1 unspecified atom stereocenters. The first-order valence-corrected chi connectivity index (χ1v) is 6.13. The number of benzene rings is 2. The van der Waals surface area contributed by atoms with Gasteiger partial charge in [0.25, 0.3) is 5.69 Å². The summed E-state index contributed by atoms with van der Waals surface area (Å²) in [6.07, 6.45) is 0. The van der Waals surface area contributed by atoms with Crippen LogP contribution in [0.5, 0.6) is 0 Å². The topological polar surface area (TPSA) is 107 Å². The number of nitrogens with zero attached hydrogens (tertiary/aromatic N) is 1. The summed E-state index contributed by atoms with van der Waals surface area (Å²) in [5.41, 5.74) is 13.9. The lowest BCUT2D eigenvalue weighted by Crippen LogP contribution is -2.07. The highest BCUT2D eigenvalue weighted by Crippen LogP contribution is 2.27. The van der Waals surface area contributed by atoms with Gasteiger partial charge < -0.3 is 16.8 Å². The van der Waals surface area contributed by atoms with Crippen LogP contribution in [0.15, 0.2) is 42.5 Å². The van der Waals surface area contributed by atoms with Gasteiger partial charge in [-0.15, -0.1) is 0 Å². The molecule has 2 rings (SSSR count). The number of anilines is 3. The standard InChI is InChI=1S/C14H16N4O2/c1-9(10-2-4-11(15)5-3-10)17-12-6-7-14(18(19)20)13(16)8-12/h2-9,17H,15-16H2,1H3. The van der Waals surface area contributed by atoms with E-state index in [1.165, 1.54) is 6.07 Å². The summed E-state index contributed by atoms with van der Waals surface area (Å²) in [5.74, 6) is 0. The SMILES string of the molecule is CC(Nc1ccc([N+](=O)[O-])c(N)c1)c1ccc(N)cc1. The first kappa shape index (κ1) is 13.7. The van der Waals surface area contributed by atoms with Gasteiger partial charge in [0.05, 0.1) is 4.92 Å². The zero-order chi connectivity index (χ0) is 14.7. The average molecular weight is 272 g/mol. The Labute approximate surface area is 116 Å². The van der Waals surface area contributed by atoms with E-state index < -0.39 is 4.92 Å². The minimum atomic E-state index is -0.498. The molecule has 0 radical (unpaired) electrons. The monoisotopic (exact) mass is 272 g/mol. The van der Waals surface area contributed by atoms with E-state index >= 15 is 0 Å². The predicted molar refractivity (Wildman–Crippen MR) is 80.4 cm³/mol. The van der Waals surface area contributed by atoms with Crippen molar-refractivity contribution < 1.29 is 4.92 Å². The van der Waals surface area contributed by atoms with Crippen molar-refractivity contribution in [1.29, 1.82) is 0 Å². The number of nitro benzene ring substituents is 1. The van der Waals surface area contributed by atoms with Crippen molar-refractivity contribution in [3.63, 3.8) is 0 Å². The Bertz CT molecular complexity index is 626. The van der Waals surface area contributed by atoms with Crippen molar-refractivity contribution in [2.45, 2.75) is 13.0 Å². The number of hydrogen-bond donors (Lipinski definition) is 3.